The lowest BCUT2D eigenvalue weighted by atomic mass is 9.97. The molecule has 2 saturated heterocycles. The molecule has 4 aromatic carbocycles. The Morgan fingerprint density at radius 3 is 1.35 bits per heavy atom. The maximum Gasteiger partial charge on any atom is 0.225 e. The Kier molecular flexibility index (Phi) is 8.80. The molecule has 6 aromatic rings. The molecule has 4 N–H and O–H groups in total. The van der Waals surface area contributed by atoms with Crippen LogP contribution < -0.4 is 21.3 Å². The van der Waals surface area contributed by atoms with Gasteiger partial charge in [0.25, 0.3) is 0 Å². The molecule has 0 aliphatic carbocycles. The van der Waals surface area contributed by atoms with Crippen molar-refractivity contribution in [2.45, 2.75) is 12.8 Å². The van der Waals surface area contributed by atoms with Gasteiger partial charge in [-0.05, 0) is 83.6 Å². The van der Waals surface area contributed by atoms with Crippen LogP contribution in [0.1, 0.15) is 12.8 Å². The molecule has 0 radical (unpaired) electrons. The van der Waals surface area contributed by atoms with E-state index in [0.29, 0.717) is 11.8 Å². The van der Waals surface area contributed by atoms with Crippen LogP contribution in [0.15, 0.2) is 109 Å². The third-order valence-electron chi connectivity index (χ3n) is 9.01. The van der Waals surface area contributed by atoms with Crippen LogP contribution >= 0.6 is 0 Å². The molecule has 0 spiro atoms. The van der Waals surface area contributed by atoms with Crippen LogP contribution in [-0.4, -0.2) is 59.2 Å². The summed E-state index contributed by atoms with van der Waals surface area (Å²) in [5, 5.41) is 4.96. The quantitative estimate of drug-likeness (QED) is 0.211. The topological polar surface area (TPSA) is 110 Å². The molecule has 8 heteroatoms. The number of rotatable bonds is 8. The third-order valence-corrected chi connectivity index (χ3v) is 9.01. The Hall–Kier alpha value is -4.92. The fourth-order valence-corrected chi connectivity index (χ4v) is 6.32. The number of aromatic nitrogens is 4. The molecule has 0 bridgehead atoms. The predicted octanol–water partition coefficient (Wildman–Crippen LogP) is 6.16. The van der Waals surface area contributed by atoms with Crippen LogP contribution in [0.25, 0.3) is 44.1 Å². The van der Waals surface area contributed by atoms with E-state index in [-0.39, 0.29) is 0 Å². The van der Waals surface area contributed by atoms with Gasteiger partial charge in [-0.1, -0.05) is 72.8 Å². The van der Waals surface area contributed by atoms with Crippen molar-refractivity contribution < 1.29 is 0 Å². The van der Waals surface area contributed by atoms with E-state index in [4.69, 9.17) is 21.4 Å². The first-order valence-corrected chi connectivity index (χ1v) is 16.2. The summed E-state index contributed by atoms with van der Waals surface area (Å²) in [6.45, 7) is 5.57. The SMILES string of the molecule is NCCC1CN(c2nccc(-c3ccc4ccccc4c3)n2)C1.NCCC1CN(c2nccc(-c3ccc4ccccc4c3)n2)C1. The minimum atomic E-state index is 0.688. The van der Waals surface area contributed by atoms with Crippen molar-refractivity contribution in [2.75, 3.05) is 49.1 Å². The minimum Gasteiger partial charge on any atom is -0.340 e. The summed E-state index contributed by atoms with van der Waals surface area (Å²) in [4.78, 5) is 22.8. The van der Waals surface area contributed by atoms with E-state index in [1.807, 2.05) is 24.5 Å². The second kappa shape index (κ2) is 13.6. The van der Waals surface area contributed by atoms with Crippen LogP contribution in [0.2, 0.25) is 0 Å². The number of nitrogens with two attached hydrogens (primary N) is 2. The van der Waals surface area contributed by atoms with Crippen molar-refractivity contribution in [1.82, 2.24) is 19.9 Å². The van der Waals surface area contributed by atoms with Crippen LogP contribution in [0.3, 0.4) is 0 Å². The van der Waals surface area contributed by atoms with Gasteiger partial charge in [-0.15, -0.1) is 0 Å². The molecule has 2 aromatic heterocycles. The smallest absolute Gasteiger partial charge is 0.225 e. The van der Waals surface area contributed by atoms with Gasteiger partial charge in [0.15, 0.2) is 0 Å². The first-order valence-electron chi connectivity index (χ1n) is 16.2. The summed E-state index contributed by atoms with van der Waals surface area (Å²) in [7, 11) is 0. The van der Waals surface area contributed by atoms with Gasteiger partial charge in [-0.3, -0.25) is 0 Å². The lowest BCUT2D eigenvalue weighted by Gasteiger charge is -2.39. The molecule has 8 nitrogen and oxygen atoms in total. The molecular formula is C38H40N8. The van der Waals surface area contributed by atoms with E-state index in [9.17, 15) is 0 Å². The Morgan fingerprint density at radius 2 is 0.935 bits per heavy atom. The standard InChI is InChI=1S/2C19H20N4/c2*20-9-7-14-12-23(13-14)19-21-10-8-18(22-19)17-6-5-15-3-1-2-4-16(15)11-17/h2*1-6,8,10-11,14H,7,9,12-13,20H2. The summed E-state index contributed by atoms with van der Waals surface area (Å²) in [6, 6.07) is 33.7. The summed E-state index contributed by atoms with van der Waals surface area (Å²) < 4.78 is 0. The first-order chi connectivity index (χ1) is 22.7. The van der Waals surface area contributed by atoms with E-state index >= 15 is 0 Å². The van der Waals surface area contributed by atoms with Gasteiger partial charge in [-0.25, -0.2) is 19.9 Å². The number of hydrogen-bond donors (Lipinski definition) is 2. The van der Waals surface area contributed by atoms with E-state index in [2.05, 4.69) is 105 Å². The molecular weight excluding hydrogens is 568 g/mol. The first kappa shape index (κ1) is 29.8. The molecule has 4 heterocycles. The average molecular weight is 609 g/mol. The fourth-order valence-electron chi connectivity index (χ4n) is 6.32. The molecule has 0 amide bonds. The lowest BCUT2D eigenvalue weighted by Crippen LogP contribution is -2.48. The second-order valence-corrected chi connectivity index (χ2v) is 12.3. The van der Waals surface area contributed by atoms with Crippen molar-refractivity contribution in [3.8, 4) is 22.5 Å². The summed E-state index contributed by atoms with van der Waals surface area (Å²) in [6.07, 6.45) is 5.87. The summed E-state index contributed by atoms with van der Waals surface area (Å²) >= 11 is 0. The zero-order valence-electron chi connectivity index (χ0n) is 26.0. The van der Waals surface area contributed by atoms with Gasteiger partial charge in [0, 0.05) is 49.7 Å². The van der Waals surface area contributed by atoms with Crippen molar-refractivity contribution in [3.05, 3.63) is 109 Å². The molecule has 8 rings (SSSR count). The van der Waals surface area contributed by atoms with Crippen molar-refractivity contribution >= 4 is 33.4 Å². The molecule has 2 aliphatic heterocycles. The summed E-state index contributed by atoms with van der Waals surface area (Å²) in [5.74, 6) is 3.02. The monoisotopic (exact) mass is 608 g/mol. The molecule has 0 unspecified atom stereocenters. The Bertz CT molecular complexity index is 1790. The molecule has 2 fully saturated rings. The molecule has 0 saturated carbocycles. The second-order valence-electron chi connectivity index (χ2n) is 12.3. The van der Waals surface area contributed by atoms with Crippen LogP contribution in [0.5, 0.6) is 0 Å². The number of fused-ring (bicyclic) bond motifs is 2. The largest absolute Gasteiger partial charge is 0.340 e. The van der Waals surface area contributed by atoms with Gasteiger partial charge in [0.2, 0.25) is 11.9 Å². The highest BCUT2D eigenvalue weighted by atomic mass is 15.3. The maximum atomic E-state index is 5.62. The van der Waals surface area contributed by atoms with E-state index in [1.54, 1.807) is 0 Å². The van der Waals surface area contributed by atoms with E-state index in [0.717, 1.165) is 86.5 Å². The molecule has 232 valence electrons. The molecule has 2 aliphatic rings. The zero-order valence-corrected chi connectivity index (χ0v) is 26.0. The van der Waals surface area contributed by atoms with Gasteiger partial charge in [0.05, 0.1) is 11.4 Å². The van der Waals surface area contributed by atoms with Crippen molar-refractivity contribution in [2.24, 2.45) is 23.3 Å². The Labute approximate surface area is 270 Å². The highest BCUT2D eigenvalue weighted by molar-refractivity contribution is 5.87. The fraction of sp³-hybridized carbons (Fsp3) is 0.263. The van der Waals surface area contributed by atoms with E-state index in [1.165, 1.54) is 21.5 Å². The Morgan fingerprint density at radius 1 is 0.522 bits per heavy atom. The number of benzene rings is 4. The van der Waals surface area contributed by atoms with Crippen molar-refractivity contribution in [3.63, 3.8) is 0 Å². The van der Waals surface area contributed by atoms with Gasteiger partial charge in [0.1, 0.15) is 0 Å². The molecule has 0 atom stereocenters. The lowest BCUT2D eigenvalue weighted by molar-refractivity contribution is 0.383. The average Bonchev–Trinajstić information content (AvgIpc) is 3.07. The highest BCUT2D eigenvalue weighted by Crippen LogP contribution is 2.29. The third kappa shape index (κ3) is 6.54. The van der Waals surface area contributed by atoms with Crippen LogP contribution in [0, 0.1) is 11.8 Å². The van der Waals surface area contributed by atoms with E-state index < -0.39 is 0 Å². The number of hydrogen-bond acceptors (Lipinski definition) is 8. The molecule has 46 heavy (non-hydrogen) atoms. The predicted molar refractivity (Wildman–Crippen MR) is 189 cm³/mol. The number of nitrogens with zero attached hydrogens (tertiary/aromatic N) is 6. The minimum absolute atomic E-state index is 0.688. The normalized spacial score (nSPS) is 14.9. The summed E-state index contributed by atoms with van der Waals surface area (Å²) in [5.41, 5.74) is 15.4. The van der Waals surface area contributed by atoms with Crippen LogP contribution in [-0.2, 0) is 0 Å². The zero-order chi connectivity index (χ0) is 31.3. The number of anilines is 2. The maximum absolute atomic E-state index is 5.62. The van der Waals surface area contributed by atoms with Crippen molar-refractivity contribution in [1.29, 1.82) is 0 Å². The van der Waals surface area contributed by atoms with Crippen LogP contribution in [0.4, 0.5) is 11.9 Å². The Balaban J connectivity index is 0.000000147. The van der Waals surface area contributed by atoms with Gasteiger partial charge >= 0.3 is 0 Å². The van der Waals surface area contributed by atoms with Gasteiger partial charge < -0.3 is 21.3 Å². The van der Waals surface area contributed by atoms with Gasteiger partial charge in [-0.2, -0.15) is 0 Å². The highest BCUT2D eigenvalue weighted by Gasteiger charge is 2.29.